The third-order valence-corrected chi connectivity index (χ3v) is 1.56. The van der Waals surface area contributed by atoms with E-state index in [-0.39, 0.29) is 39.7 Å². The summed E-state index contributed by atoms with van der Waals surface area (Å²) in [6, 6.07) is 0.481. The molecule has 0 rings (SSSR count). The van der Waals surface area contributed by atoms with Crippen LogP contribution in [-0.4, -0.2) is 27.5 Å². The summed E-state index contributed by atoms with van der Waals surface area (Å²) in [5.41, 5.74) is 4.34. The van der Waals surface area contributed by atoms with Gasteiger partial charge in [0.25, 0.3) is 10.5 Å². The summed E-state index contributed by atoms with van der Waals surface area (Å²) >= 11 is 6.86. The Kier molecular flexibility index (Phi) is 15.1. The van der Waals surface area contributed by atoms with Crippen molar-refractivity contribution >= 4 is 35.7 Å². The fourth-order valence-electron chi connectivity index (χ4n) is 1.04. The number of thiol groups is 2. The quantitative estimate of drug-likeness (QED) is 0.530. The standard InChI is InChI=1S/C7H15NOS.CH3NOS.Ag/c1-5(2)8(6(3)4)7(9)10;2-1(3)4;/h5-6H,1-4H3,(H,9,10);(H3,2,3,4);. The molecule has 4 nitrogen and oxygen atoms in total. The molecule has 2 N–H and O–H groups in total. The van der Waals surface area contributed by atoms with Gasteiger partial charge >= 0.3 is 0 Å². The largest absolute Gasteiger partial charge is 0.361 e. The predicted octanol–water partition coefficient (Wildman–Crippen LogP) is 2.15. The summed E-state index contributed by atoms with van der Waals surface area (Å²) in [7, 11) is 0. The molecule has 0 heterocycles. The Morgan fingerprint density at radius 3 is 1.27 bits per heavy atom. The van der Waals surface area contributed by atoms with E-state index in [2.05, 4.69) is 31.0 Å². The number of carbonyl (C=O) groups is 2. The van der Waals surface area contributed by atoms with Crippen molar-refractivity contribution in [2.24, 2.45) is 5.73 Å². The van der Waals surface area contributed by atoms with Crippen molar-refractivity contribution in [1.29, 1.82) is 0 Å². The Labute approximate surface area is 118 Å². The number of carbonyl (C=O) groups excluding carboxylic acids is 2. The van der Waals surface area contributed by atoms with E-state index in [0.29, 0.717) is 0 Å². The molecular formula is C8H18AgN2O2S2. The average molecular weight is 346 g/mol. The smallest absolute Gasteiger partial charge is 0.279 e. The van der Waals surface area contributed by atoms with Crippen LogP contribution in [0.5, 0.6) is 0 Å². The minimum atomic E-state index is -0.639. The van der Waals surface area contributed by atoms with E-state index in [1.807, 2.05) is 27.7 Å². The fourth-order valence-corrected chi connectivity index (χ4v) is 1.50. The van der Waals surface area contributed by atoms with E-state index in [1.165, 1.54) is 0 Å². The SMILES string of the molecule is CC(C)N(C(=O)S)C(C)C.NC(=O)S.[Ag]. The molecule has 0 aromatic carbocycles. The maximum atomic E-state index is 10.8. The van der Waals surface area contributed by atoms with Crippen molar-refractivity contribution < 1.29 is 32.0 Å². The molecule has 0 saturated heterocycles. The van der Waals surface area contributed by atoms with Crippen LogP contribution in [0.1, 0.15) is 27.7 Å². The van der Waals surface area contributed by atoms with Crippen molar-refractivity contribution in [2.75, 3.05) is 0 Å². The molecular weight excluding hydrogens is 328 g/mol. The third-order valence-electron chi connectivity index (χ3n) is 1.33. The summed E-state index contributed by atoms with van der Waals surface area (Å²) in [6.07, 6.45) is 0. The van der Waals surface area contributed by atoms with Crippen LogP contribution < -0.4 is 5.73 Å². The number of rotatable bonds is 2. The molecule has 0 aromatic rings. The molecule has 0 fully saturated rings. The van der Waals surface area contributed by atoms with Gasteiger partial charge < -0.3 is 10.6 Å². The second-order valence-corrected chi connectivity index (χ2v) is 4.04. The van der Waals surface area contributed by atoms with Gasteiger partial charge in [0.05, 0.1) is 0 Å². The molecule has 0 aliphatic rings. The van der Waals surface area contributed by atoms with Crippen molar-refractivity contribution in [3.63, 3.8) is 0 Å². The topological polar surface area (TPSA) is 63.4 Å². The Bertz CT molecular complexity index is 189. The summed E-state index contributed by atoms with van der Waals surface area (Å²) in [6.45, 7) is 7.92. The first kappa shape index (κ1) is 20.8. The summed E-state index contributed by atoms with van der Waals surface area (Å²) in [4.78, 5) is 21.6. The summed E-state index contributed by atoms with van der Waals surface area (Å²) in [5.74, 6) is 0. The monoisotopic (exact) mass is 345 g/mol. The molecule has 0 spiro atoms. The Hall–Kier alpha value is 0.380. The molecule has 0 aliphatic carbocycles. The van der Waals surface area contributed by atoms with Crippen molar-refractivity contribution in [3.8, 4) is 0 Å². The molecule has 0 atom stereocenters. The zero-order valence-electron chi connectivity index (χ0n) is 9.19. The number of hydrogen-bond acceptors (Lipinski definition) is 2. The Morgan fingerprint density at radius 2 is 1.27 bits per heavy atom. The van der Waals surface area contributed by atoms with Crippen molar-refractivity contribution in [3.05, 3.63) is 0 Å². The van der Waals surface area contributed by atoms with Crippen LogP contribution in [0.15, 0.2) is 0 Å². The normalized spacial score (nSPS) is 8.80. The second kappa shape index (κ2) is 10.9. The number of nitrogens with zero attached hydrogens (tertiary/aromatic N) is 1. The third kappa shape index (κ3) is 14.4. The zero-order chi connectivity index (χ0) is 11.9. The van der Waals surface area contributed by atoms with E-state index >= 15 is 0 Å². The van der Waals surface area contributed by atoms with E-state index < -0.39 is 5.24 Å². The second-order valence-electron chi connectivity index (χ2n) is 3.22. The molecule has 0 aromatic heterocycles. The predicted molar refractivity (Wildman–Crippen MR) is 65.1 cm³/mol. The van der Waals surface area contributed by atoms with Crippen LogP contribution in [-0.2, 0) is 22.4 Å². The minimum Gasteiger partial charge on any atom is -0.361 e. The minimum absolute atomic E-state index is 0. The number of primary amides is 1. The first-order chi connectivity index (χ1) is 6.20. The van der Waals surface area contributed by atoms with E-state index in [9.17, 15) is 4.79 Å². The fraction of sp³-hybridized carbons (Fsp3) is 0.750. The maximum absolute atomic E-state index is 10.8. The van der Waals surface area contributed by atoms with Gasteiger partial charge in [0.15, 0.2) is 0 Å². The van der Waals surface area contributed by atoms with Crippen LogP contribution >= 0.6 is 25.3 Å². The molecule has 0 aliphatic heterocycles. The van der Waals surface area contributed by atoms with Gasteiger partial charge in [-0.2, -0.15) is 0 Å². The van der Waals surface area contributed by atoms with E-state index in [1.54, 1.807) is 4.90 Å². The van der Waals surface area contributed by atoms with Gasteiger partial charge in [0.2, 0.25) is 0 Å². The average Bonchev–Trinajstić information content (AvgIpc) is 1.80. The summed E-state index contributed by atoms with van der Waals surface area (Å²) in [5, 5.41) is -0.787. The van der Waals surface area contributed by atoms with Crippen LogP contribution in [0.4, 0.5) is 9.59 Å². The zero-order valence-corrected chi connectivity index (χ0v) is 12.5. The van der Waals surface area contributed by atoms with Gasteiger partial charge in [0.1, 0.15) is 0 Å². The molecule has 0 bridgehead atoms. The first-order valence-electron chi connectivity index (χ1n) is 4.19. The molecule has 0 saturated carbocycles. The summed E-state index contributed by atoms with van der Waals surface area (Å²) < 4.78 is 0. The van der Waals surface area contributed by atoms with E-state index in [0.717, 1.165) is 0 Å². The van der Waals surface area contributed by atoms with Gasteiger partial charge in [-0.3, -0.25) is 9.59 Å². The van der Waals surface area contributed by atoms with Crippen LogP contribution in [0, 0.1) is 0 Å². The van der Waals surface area contributed by atoms with Gasteiger partial charge in [-0.1, -0.05) is 25.3 Å². The number of hydrogen-bond donors (Lipinski definition) is 3. The molecule has 7 heteroatoms. The van der Waals surface area contributed by atoms with Crippen LogP contribution in [0.25, 0.3) is 0 Å². The van der Waals surface area contributed by atoms with Crippen molar-refractivity contribution in [2.45, 2.75) is 39.8 Å². The van der Waals surface area contributed by atoms with Gasteiger partial charge in [-0.05, 0) is 27.7 Å². The molecule has 15 heavy (non-hydrogen) atoms. The number of nitrogens with two attached hydrogens (primary N) is 1. The molecule has 2 amide bonds. The van der Waals surface area contributed by atoms with Crippen molar-refractivity contribution in [1.82, 2.24) is 4.90 Å². The van der Waals surface area contributed by atoms with Gasteiger partial charge in [-0.15, -0.1) is 0 Å². The Balaban J connectivity index is -0.000000249. The van der Waals surface area contributed by atoms with Gasteiger partial charge in [0, 0.05) is 34.5 Å². The molecule has 0 unspecified atom stereocenters. The van der Waals surface area contributed by atoms with Crippen LogP contribution in [0.2, 0.25) is 0 Å². The molecule has 1 radical (unpaired) electrons. The maximum Gasteiger partial charge on any atom is 0.279 e. The Morgan fingerprint density at radius 1 is 1.07 bits per heavy atom. The van der Waals surface area contributed by atoms with Crippen LogP contribution in [0.3, 0.4) is 0 Å². The van der Waals surface area contributed by atoms with E-state index in [4.69, 9.17) is 4.79 Å². The van der Waals surface area contributed by atoms with Gasteiger partial charge in [-0.25, -0.2) is 0 Å². The number of amides is 2. The first-order valence-corrected chi connectivity index (χ1v) is 5.09. The molecule has 95 valence electrons.